The molecule has 2 aromatic rings. The fourth-order valence-corrected chi connectivity index (χ4v) is 3.65. The van der Waals surface area contributed by atoms with Crippen molar-refractivity contribution in [2.45, 2.75) is 25.9 Å². The molecule has 0 spiro atoms. The maximum atomic E-state index is 5.06. The molecule has 0 radical (unpaired) electrons. The summed E-state index contributed by atoms with van der Waals surface area (Å²) < 4.78 is 7.29. The monoisotopic (exact) mass is 384 g/mol. The van der Waals surface area contributed by atoms with Crippen molar-refractivity contribution in [3.8, 4) is 0 Å². The summed E-state index contributed by atoms with van der Waals surface area (Å²) in [5, 5.41) is 6.86. The number of hydrogen-bond acceptors (Lipinski definition) is 4. The molecule has 1 fully saturated rings. The smallest absolute Gasteiger partial charge is 0.193 e. The Balaban J connectivity index is 1.54. The molecule has 2 heterocycles. The van der Waals surface area contributed by atoms with E-state index in [1.165, 1.54) is 5.56 Å². The number of ether oxygens (including phenoxy) is 1. The first-order valence-corrected chi connectivity index (χ1v) is 9.96. The van der Waals surface area contributed by atoms with Gasteiger partial charge in [-0.2, -0.15) is 0 Å². The largest absolute Gasteiger partial charge is 0.383 e. The minimum atomic E-state index is 0.423. The molecule has 2 atom stereocenters. The molecule has 1 aliphatic rings. The van der Waals surface area contributed by atoms with Gasteiger partial charge >= 0.3 is 0 Å². The summed E-state index contributed by atoms with van der Waals surface area (Å²) >= 11 is 0. The first-order chi connectivity index (χ1) is 13.7. The third kappa shape index (κ3) is 5.25. The number of nitrogens with one attached hydrogen (secondary N) is 2. The molecular formula is C21H32N6O. The van der Waals surface area contributed by atoms with E-state index >= 15 is 0 Å². The highest BCUT2D eigenvalue weighted by molar-refractivity contribution is 5.80. The van der Waals surface area contributed by atoms with Crippen LogP contribution in [0.3, 0.4) is 0 Å². The zero-order valence-corrected chi connectivity index (χ0v) is 17.1. The van der Waals surface area contributed by atoms with Crippen LogP contribution in [0.4, 0.5) is 5.69 Å². The summed E-state index contributed by atoms with van der Waals surface area (Å²) in [5.74, 6) is 1.58. The molecule has 1 aliphatic heterocycles. The molecule has 0 aliphatic carbocycles. The van der Waals surface area contributed by atoms with Gasteiger partial charge in [-0.15, -0.1) is 0 Å². The summed E-state index contributed by atoms with van der Waals surface area (Å²) in [7, 11) is 3.57. The second-order valence-electron chi connectivity index (χ2n) is 7.31. The number of likely N-dealkylation sites (tertiary alicyclic amines) is 1. The van der Waals surface area contributed by atoms with E-state index in [1.807, 2.05) is 19.6 Å². The number of benzene rings is 1. The highest BCUT2D eigenvalue weighted by atomic mass is 16.5. The Morgan fingerprint density at radius 2 is 2.14 bits per heavy atom. The van der Waals surface area contributed by atoms with E-state index in [4.69, 9.17) is 4.74 Å². The summed E-state index contributed by atoms with van der Waals surface area (Å²) in [6.07, 6.45) is 6.98. The van der Waals surface area contributed by atoms with Crippen LogP contribution in [0.2, 0.25) is 0 Å². The number of methoxy groups -OCH3 is 1. The fourth-order valence-electron chi connectivity index (χ4n) is 3.65. The van der Waals surface area contributed by atoms with Gasteiger partial charge in [0.15, 0.2) is 5.96 Å². The van der Waals surface area contributed by atoms with Crippen molar-refractivity contribution in [3.63, 3.8) is 0 Å². The van der Waals surface area contributed by atoms with Crippen molar-refractivity contribution in [3.05, 3.63) is 48.5 Å². The maximum absolute atomic E-state index is 5.06. The van der Waals surface area contributed by atoms with Crippen molar-refractivity contribution >= 4 is 11.6 Å². The Morgan fingerprint density at radius 3 is 2.82 bits per heavy atom. The second-order valence-corrected chi connectivity index (χ2v) is 7.31. The first-order valence-electron chi connectivity index (χ1n) is 9.96. The molecule has 0 bridgehead atoms. The molecule has 2 unspecified atom stereocenters. The average molecular weight is 385 g/mol. The molecule has 0 saturated carbocycles. The van der Waals surface area contributed by atoms with Gasteiger partial charge in [0, 0.05) is 58.4 Å². The van der Waals surface area contributed by atoms with E-state index < -0.39 is 0 Å². The molecule has 0 amide bonds. The van der Waals surface area contributed by atoms with Crippen LogP contribution in [0.25, 0.3) is 0 Å². The summed E-state index contributed by atoms with van der Waals surface area (Å²) in [5.41, 5.74) is 2.34. The topological polar surface area (TPSA) is 66.7 Å². The van der Waals surface area contributed by atoms with Crippen LogP contribution in [-0.2, 0) is 11.3 Å². The van der Waals surface area contributed by atoms with Crippen molar-refractivity contribution in [1.82, 2.24) is 19.8 Å². The quantitative estimate of drug-likeness (QED) is 0.436. The number of imidazole rings is 1. The summed E-state index contributed by atoms with van der Waals surface area (Å²) in [4.78, 5) is 11.1. The molecule has 28 heavy (non-hydrogen) atoms. The second kappa shape index (κ2) is 10.1. The van der Waals surface area contributed by atoms with Gasteiger partial charge < -0.3 is 24.8 Å². The predicted molar refractivity (Wildman–Crippen MR) is 114 cm³/mol. The Hall–Kier alpha value is -2.54. The standard InChI is InChI=1S/C21H32N6O/c1-17-8-11-26(15-20(17)27-12-9-23-16-27)21(22-2)25-14-18-4-6-19(7-5-18)24-10-13-28-3/h4-7,9,12,16-17,20,24H,8,10-11,13-15H2,1-3H3,(H,22,25). The van der Waals surface area contributed by atoms with Gasteiger partial charge in [0.25, 0.3) is 0 Å². The summed E-state index contributed by atoms with van der Waals surface area (Å²) in [6.45, 7) is 6.56. The number of aliphatic imine (C=N–C) groups is 1. The van der Waals surface area contributed by atoms with Crippen LogP contribution in [0, 0.1) is 5.92 Å². The Morgan fingerprint density at radius 1 is 1.32 bits per heavy atom. The van der Waals surface area contributed by atoms with Gasteiger partial charge in [-0.25, -0.2) is 4.98 Å². The van der Waals surface area contributed by atoms with E-state index in [0.29, 0.717) is 18.6 Å². The predicted octanol–water partition coefficient (Wildman–Crippen LogP) is 2.60. The van der Waals surface area contributed by atoms with E-state index in [1.54, 1.807) is 7.11 Å². The first kappa shape index (κ1) is 20.2. The normalized spacial score (nSPS) is 20.2. The third-order valence-corrected chi connectivity index (χ3v) is 5.38. The van der Waals surface area contributed by atoms with Gasteiger partial charge in [-0.3, -0.25) is 4.99 Å². The molecule has 1 saturated heterocycles. The highest BCUT2D eigenvalue weighted by Gasteiger charge is 2.28. The lowest BCUT2D eigenvalue weighted by atomic mass is 9.93. The molecule has 2 N–H and O–H groups in total. The number of guanidine groups is 1. The maximum Gasteiger partial charge on any atom is 0.193 e. The molecule has 1 aromatic carbocycles. The van der Waals surface area contributed by atoms with E-state index in [9.17, 15) is 0 Å². The molecule has 3 rings (SSSR count). The lowest BCUT2D eigenvalue weighted by Gasteiger charge is -2.39. The highest BCUT2D eigenvalue weighted by Crippen LogP contribution is 2.27. The van der Waals surface area contributed by atoms with Crippen molar-refractivity contribution in [1.29, 1.82) is 0 Å². The van der Waals surface area contributed by atoms with Crippen LogP contribution in [-0.4, -0.2) is 60.8 Å². The van der Waals surface area contributed by atoms with Gasteiger partial charge in [0.05, 0.1) is 19.0 Å². The van der Waals surface area contributed by atoms with Gasteiger partial charge in [-0.05, 0) is 30.0 Å². The number of nitrogens with zero attached hydrogens (tertiary/aromatic N) is 4. The summed E-state index contributed by atoms with van der Waals surface area (Å²) in [6, 6.07) is 8.91. The molecular weight excluding hydrogens is 352 g/mol. The molecule has 152 valence electrons. The fraction of sp³-hybridized carbons (Fsp3) is 0.524. The van der Waals surface area contributed by atoms with Crippen LogP contribution < -0.4 is 10.6 Å². The Bertz CT molecular complexity index is 728. The number of rotatable bonds is 7. The lowest BCUT2D eigenvalue weighted by Crippen LogP contribution is -2.48. The number of aromatic nitrogens is 2. The molecule has 7 nitrogen and oxygen atoms in total. The number of piperidine rings is 1. The molecule has 7 heteroatoms. The van der Waals surface area contributed by atoms with Crippen molar-refractivity contribution in [2.75, 3.05) is 45.7 Å². The Labute approximate surface area is 167 Å². The van der Waals surface area contributed by atoms with E-state index in [-0.39, 0.29) is 0 Å². The van der Waals surface area contributed by atoms with Crippen molar-refractivity contribution < 1.29 is 4.74 Å². The van der Waals surface area contributed by atoms with Crippen LogP contribution >= 0.6 is 0 Å². The van der Waals surface area contributed by atoms with Crippen LogP contribution in [0.15, 0.2) is 48.0 Å². The zero-order chi connectivity index (χ0) is 19.8. The SMILES string of the molecule is CN=C(NCc1ccc(NCCOC)cc1)N1CCC(C)C(n2ccnc2)C1. The zero-order valence-electron chi connectivity index (χ0n) is 17.1. The van der Waals surface area contributed by atoms with Gasteiger partial charge in [0.2, 0.25) is 0 Å². The van der Waals surface area contributed by atoms with Crippen molar-refractivity contribution in [2.24, 2.45) is 10.9 Å². The van der Waals surface area contributed by atoms with Crippen LogP contribution in [0.1, 0.15) is 24.9 Å². The average Bonchev–Trinajstić information content (AvgIpc) is 3.25. The van der Waals surface area contributed by atoms with Crippen LogP contribution in [0.5, 0.6) is 0 Å². The van der Waals surface area contributed by atoms with E-state index in [0.717, 1.165) is 44.2 Å². The van der Waals surface area contributed by atoms with Gasteiger partial charge in [-0.1, -0.05) is 19.1 Å². The number of anilines is 1. The number of hydrogen-bond donors (Lipinski definition) is 2. The minimum absolute atomic E-state index is 0.423. The third-order valence-electron chi connectivity index (χ3n) is 5.38. The lowest BCUT2D eigenvalue weighted by molar-refractivity contribution is 0.189. The van der Waals surface area contributed by atoms with Gasteiger partial charge in [0.1, 0.15) is 0 Å². The molecule has 1 aromatic heterocycles. The minimum Gasteiger partial charge on any atom is -0.383 e. The van der Waals surface area contributed by atoms with E-state index in [2.05, 4.69) is 67.5 Å². The Kier molecular flexibility index (Phi) is 7.31.